The first-order chi connectivity index (χ1) is 16.9. The summed E-state index contributed by atoms with van der Waals surface area (Å²) < 4.78 is 51.6. The van der Waals surface area contributed by atoms with E-state index in [0.717, 1.165) is 41.2 Å². The SMILES string of the molecule is COC(=O)[C@H](Cc1ccc(B2OC(C)(C)C(C)(C)O2)c2c1CCCO2)NC(=O)c1c(F)cccc1F. The molecule has 1 saturated heterocycles. The third-order valence-electron chi connectivity index (χ3n) is 7.12. The number of hydrogen-bond donors (Lipinski definition) is 1. The average molecular weight is 501 g/mol. The molecule has 0 spiro atoms. The van der Waals surface area contributed by atoms with Crippen LogP contribution in [0.2, 0.25) is 0 Å². The van der Waals surface area contributed by atoms with Crippen molar-refractivity contribution in [2.45, 2.75) is 64.2 Å². The second-order valence-corrected chi connectivity index (χ2v) is 10.0. The van der Waals surface area contributed by atoms with Crippen molar-refractivity contribution < 1.29 is 37.2 Å². The molecule has 0 bridgehead atoms. The van der Waals surface area contributed by atoms with Crippen LogP contribution in [-0.4, -0.2) is 50.0 Å². The molecular formula is C26H30BF2NO6. The Bertz CT molecular complexity index is 1150. The number of rotatable bonds is 6. The van der Waals surface area contributed by atoms with Crippen LogP contribution in [0, 0.1) is 11.6 Å². The lowest BCUT2D eigenvalue weighted by Gasteiger charge is -2.32. The van der Waals surface area contributed by atoms with E-state index in [1.54, 1.807) is 0 Å². The van der Waals surface area contributed by atoms with Gasteiger partial charge in [0.05, 0.1) is 24.9 Å². The predicted molar refractivity (Wildman–Crippen MR) is 129 cm³/mol. The summed E-state index contributed by atoms with van der Waals surface area (Å²) in [6.45, 7) is 8.40. The van der Waals surface area contributed by atoms with E-state index in [-0.39, 0.29) is 6.42 Å². The maximum Gasteiger partial charge on any atom is 0.498 e. The highest BCUT2D eigenvalue weighted by Gasteiger charge is 2.52. The number of benzene rings is 2. The molecule has 0 aliphatic carbocycles. The first-order valence-electron chi connectivity index (χ1n) is 11.9. The molecule has 2 aromatic carbocycles. The average Bonchev–Trinajstić information content (AvgIpc) is 3.04. The van der Waals surface area contributed by atoms with Gasteiger partial charge in [-0.3, -0.25) is 4.79 Å². The van der Waals surface area contributed by atoms with Crippen LogP contribution in [0.3, 0.4) is 0 Å². The molecule has 1 N–H and O–H groups in total. The number of carbonyl (C=O) groups is 2. The number of methoxy groups -OCH3 is 1. The molecule has 1 atom stereocenters. The Morgan fingerprint density at radius 2 is 1.72 bits per heavy atom. The highest BCUT2D eigenvalue weighted by Crippen LogP contribution is 2.38. The topological polar surface area (TPSA) is 83.1 Å². The Kier molecular flexibility index (Phi) is 7.12. The molecule has 2 aromatic rings. The fourth-order valence-corrected chi connectivity index (χ4v) is 4.40. The van der Waals surface area contributed by atoms with E-state index in [0.29, 0.717) is 18.8 Å². The summed E-state index contributed by atoms with van der Waals surface area (Å²) in [6.07, 6.45) is 1.49. The minimum absolute atomic E-state index is 0.0455. The third-order valence-corrected chi connectivity index (χ3v) is 7.12. The number of nitrogens with one attached hydrogen (secondary N) is 1. The Balaban J connectivity index is 1.64. The zero-order valence-corrected chi connectivity index (χ0v) is 21.1. The molecule has 0 aromatic heterocycles. The van der Waals surface area contributed by atoms with Gasteiger partial charge >= 0.3 is 13.1 Å². The van der Waals surface area contributed by atoms with Gasteiger partial charge in [0.15, 0.2) is 0 Å². The van der Waals surface area contributed by atoms with Crippen LogP contribution >= 0.6 is 0 Å². The van der Waals surface area contributed by atoms with Gasteiger partial charge in [-0.2, -0.15) is 0 Å². The second kappa shape index (κ2) is 9.82. The smallest absolute Gasteiger partial charge is 0.494 e. The van der Waals surface area contributed by atoms with E-state index in [4.69, 9.17) is 18.8 Å². The molecular weight excluding hydrogens is 471 g/mol. The molecule has 0 unspecified atom stereocenters. The van der Waals surface area contributed by atoms with Gasteiger partial charge in [-0.25, -0.2) is 13.6 Å². The third kappa shape index (κ3) is 4.84. The summed E-state index contributed by atoms with van der Waals surface area (Å²) in [5.41, 5.74) is 0.552. The first-order valence-corrected chi connectivity index (χ1v) is 11.9. The van der Waals surface area contributed by atoms with Crippen molar-refractivity contribution in [3.63, 3.8) is 0 Å². The number of carbonyl (C=O) groups excluding carboxylic acids is 2. The number of esters is 1. The number of hydrogen-bond acceptors (Lipinski definition) is 6. The van der Waals surface area contributed by atoms with Gasteiger partial charge in [0, 0.05) is 11.9 Å². The van der Waals surface area contributed by atoms with Crippen molar-refractivity contribution in [3.05, 3.63) is 58.7 Å². The normalized spacial score (nSPS) is 18.7. The van der Waals surface area contributed by atoms with Crippen LogP contribution in [0.1, 0.15) is 55.6 Å². The molecule has 4 rings (SSSR count). The van der Waals surface area contributed by atoms with Gasteiger partial charge in [0.2, 0.25) is 0 Å². The molecule has 36 heavy (non-hydrogen) atoms. The lowest BCUT2D eigenvalue weighted by atomic mass is 9.75. The lowest BCUT2D eigenvalue weighted by molar-refractivity contribution is -0.142. The molecule has 1 amide bonds. The summed E-state index contributed by atoms with van der Waals surface area (Å²) in [6, 6.07) is 5.61. The summed E-state index contributed by atoms with van der Waals surface area (Å²) in [5.74, 6) is -3.18. The van der Waals surface area contributed by atoms with Crippen LogP contribution < -0.4 is 15.5 Å². The lowest BCUT2D eigenvalue weighted by Crippen LogP contribution is -2.44. The van der Waals surface area contributed by atoms with E-state index >= 15 is 0 Å². The molecule has 2 aliphatic rings. The molecule has 2 heterocycles. The van der Waals surface area contributed by atoms with Crippen molar-refractivity contribution in [2.24, 2.45) is 0 Å². The van der Waals surface area contributed by atoms with Gasteiger partial charge in [-0.05, 0) is 63.8 Å². The monoisotopic (exact) mass is 501 g/mol. The van der Waals surface area contributed by atoms with Crippen LogP contribution in [0.5, 0.6) is 5.75 Å². The Morgan fingerprint density at radius 1 is 1.08 bits per heavy atom. The molecule has 7 nitrogen and oxygen atoms in total. The van der Waals surface area contributed by atoms with Crippen molar-refractivity contribution in [3.8, 4) is 5.75 Å². The number of amides is 1. The second-order valence-electron chi connectivity index (χ2n) is 10.0. The first kappa shape index (κ1) is 26.1. The summed E-state index contributed by atoms with van der Waals surface area (Å²) >= 11 is 0. The van der Waals surface area contributed by atoms with E-state index in [1.165, 1.54) is 7.11 Å². The predicted octanol–water partition coefficient (Wildman–Crippen LogP) is 3.10. The molecule has 10 heteroatoms. The Labute approximate surface area is 209 Å². The van der Waals surface area contributed by atoms with Crippen LogP contribution in [-0.2, 0) is 31.7 Å². The molecule has 0 saturated carbocycles. The zero-order chi connectivity index (χ0) is 26.3. The minimum Gasteiger partial charge on any atom is -0.494 e. The number of ether oxygens (including phenoxy) is 2. The van der Waals surface area contributed by atoms with Crippen LogP contribution in [0.4, 0.5) is 8.78 Å². The highest BCUT2D eigenvalue weighted by molar-refractivity contribution is 6.63. The largest absolute Gasteiger partial charge is 0.498 e. The van der Waals surface area contributed by atoms with Crippen LogP contribution in [0.25, 0.3) is 0 Å². The maximum atomic E-state index is 14.1. The minimum atomic E-state index is -1.17. The Morgan fingerprint density at radius 3 is 2.33 bits per heavy atom. The van der Waals surface area contributed by atoms with Gasteiger partial charge in [0.25, 0.3) is 5.91 Å². The molecule has 0 radical (unpaired) electrons. The number of fused-ring (bicyclic) bond motifs is 1. The zero-order valence-electron chi connectivity index (χ0n) is 21.1. The van der Waals surface area contributed by atoms with E-state index < -0.39 is 53.4 Å². The van der Waals surface area contributed by atoms with E-state index in [2.05, 4.69) is 5.32 Å². The molecule has 1 fully saturated rings. The highest BCUT2D eigenvalue weighted by atomic mass is 19.1. The van der Waals surface area contributed by atoms with E-state index in [1.807, 2.05) is 39.8 Å². The Hall–Kier alpha value is -2.98. The fourth-order valence-electron chi connectivity index (χ4n) is 4.40. The molecule has 192 valence electrons. The van der Waals surface area contributed by atoms with Crippen LogP contribution in [0.15, 0.2) is 30.3 Å². The summed E-state index contributed by atoms with van der Waals surface area (Å²) in [4.78, 5) is 25.2. The summed E-state index contributed by atoms with van der Waals surface area (Å²) in [7, 11) is 0.557. The van der Waals surface area contributed by atoms with Crippen molar-refractivity contribution >= 4 is 24.5 Å². The number of halogens is 2. The van der Waals surface area contributed by atoms with Gasteiger partial charge < -0.3 is 24.1 Å². The van der Waals surface area contributed by atoms with Crippen molar-refractivity contribution in [1.29, 1.82) is 0 Å². The van der Waals surface area contributed by atoms with Gasteiger partial charge in [-0.15, -0.1) is 0 Å². The standard InChI is InChI=1S/C26H30BF2NO6/c1-25(2)26(3,4)36-27(35-25)17-12-11-15(16-8-7-13-34-22(16)17)14-20(24(32)33-5)30-23(31)21-18(28)9-6-10-19(21)29/h6,9-12,20H,7-8,13-14H2,1-5H3,(H,30,31)/t20-/m0/s1. The maximum absolute atomic E-state index is 14.1. The van der Waals surface area contributed by atoms with E-state index in [9.17, 15) is 18.4 Å². The fraction of sp³-hybridized carbons (Fsp3) is 0.462. The summed E-state index contributed by atoms with van der Waals surface area (Å²) in [5, 5.41) is 2.43. The molecule has 2 aliphatic heterocycles. The van der Waals surface area contributed by atoms with Gasteiger partial charge in [-0.1, -0.05) is 18.2 Å². The quantitative estimate of drug-likeness (QED) is 0.484. The van der Waals surface area contributed by atoms with Crippen molar-refractivity contribution in [2.75, 3.05) is 13.7 Å². The van der Waals surface area contributed by atoms with Crippen molar-refractivity contribution in [1.82, 2.24) is 5.32 Å². The van der Waals surface area contributed by atoms with Gasteiger partial charge in [0.1, 0.15) is 29.0 Å².